The van der Waals surface area contributed by atoms with Gasteiger partial charge in [-0.05, 0) is 104 Å². The van der Waals surface area contributed by atoms with Gasteiger partial charge in [0.15, 0.2) is 23.2 Å². The quantitative estimate of drug-likeness (QED) is 0.279. The average Bonchev–Trinajstić information content (AvgIpc) is 2.88. The molecule has 0 N–H and O–H groups in total. The van der Waals surface area contributed by atoms with Crippen molar-refractivity contribution in [1.82, 2.24) is 0 Å². The van der Waals surface area contributed by atoms with Crippen molar-refractivity contribution in [3.63, 3.8) is 0 Å². The Morgan fingerprint density at radius 2 is 1.56 bits per heavy atom. The molecule has 0 spiro atoms. The minimum Gasteiger partial charge on any atom is -0.490 e. The monoisotopic (exact) mass is 502 g/mol. The Hall–Kier alpha value is -2.89. The maximum atomic E-state index is 15.1. The third-order valence-electron chi connectivity index (χ3n) is 7.28. The third kappa shape index (κ3) is 5.58. The molecule has 1 aliphatic carbocycles. The molecule has 0 aromatic heterocycles. The smallest absolute Gasteiger partial charge is 0.201 e. The first kappa shape index (κ1) is 26.2. The lowest BCUT2D eigenvalue weighted by atomic mass is 9.76. The number of aryl methyl sites for hydroxylation is 2. The molecule has 0 unspecified atom stereocenters. The minimum atomic E-state index is -1.07. The topological polar surface area (TPSA) is 9.23 Å². The first-order chi connectivity index (χ1) is 17.3. The highest BCUT2D eigenvalue weighted by atomic mass is 19.2. The highest BCUT2D eigenvalue weighted by molar-refractivity contribution is 5.66. The van der Waals surface area contributed by atoms with Gasteiger partial charge in [0, 0.05) is 5.56 Å². The van der Waals surface area contributed by atoms with Crippen molar-refractivity contribution < 1.29 is 26.7 Å². The highest BCUT2D eigenvalue weighted by Gasteiger charge is 2.25. The lowest BCUT2D eigenvalue weighted by Crippen LogP contribution is -2.15. The Bertz CT molecular complexity index is 1210. The number of benzene rings is 3. The van der Waals surface area contributed by atoms with E-state index >= 15 is 4.39 Å². The van der Waals surface area contributed by atoms with E-state index in [1.165, 1.54) is 18.2 Å². The van der Waals surface area contributed by atoms with Crippen LogP contribution in [-0.4, -0.2) is 6.61 Å². The maximum Gasteiger partial charge on any atom is 0.201 e. The zero-order chi connectivity index (χ0) is 25.8. The Labute approximate surface area is 209 Å². The molecular weight excluding hydrogens is 471 g/mol. The van der Waals surface area contributed by atoms with Crippen molar-refractivity contribution in [2.45, 2.75) is 64.7 Å². The van der Waals surface area contributed by atoms with Crippen molar-refractivity contribution in [3.05, 3.63) is 88.2 Å². The molecule has 3 aromatic rings. The summed E-state index contributed by atoms with van der Waals surface area (Å²) < 4.78 is 77.3. The molecule has 3 aromatic carbocycles. The van der Waals surface area contributed by atoms with Crippen LogP contribution in [0.1, 0.15) is 68.1 Å². The Morgan fingerprint density at radius 1 is 0.806 bits per heavy atom. The summed E-state index contributed by atoms with van der Waals surface area (Å²) in [5.41, 5.74) is 1.54. The Morgan fingerprint density at radius 3 is 2.25 bits per heavy atom. The predicted molar refractivity (Wildman–Crippen MR) is 132 cm³/mol. The number of hydrogen-bond acceptors (Lipinski definition) is 1. The molecule has 0 heterocycles. The van der Waals surface area contributed by atoms with Crippen LogP contribution in [-0.2, 0) is 6.42 Å². The maximum absolute atomic E-state index is 15.1. The summed E-state index contributed by atoms with van der Waals surface area (Å²) in [6, 6.07) is 10.6. The fourth-order valence-electron chi connectivity index (χ4n) is 5.10. The van der Waals surface area contributed by atoms with Crippen LogP contribution in [0.5, 0.6) is 5.75 Å². The molecule has 1 fully saturated rings. The standard InChI is InChI=1S/C30H31F5O/c1-3-16-36-26-15-14-24(29(34)30(26)35)22-12-13-23(25(31)17-22)20-9-5-19(6-10-20)7-11-21-8-4-18(2)27(32)28(21)33/h4,8,12-15,17,19-20H,3,5-7,9-11,16H2,1-2H3. The molecule has 192 valence electrons. The molecule has 1 nitrogen and oxygen atoms in total. The summed E-state index contributed by atoms with van der Waals surface area (Å²) in [5.74, 6) is -3.84. The largest absolute Gasteiger partial charge is 0.490 e. The molecule has 6 heteroatoms. The van der Waals surface area contributed by atoms with Crippen LogP contribution >= 0.6 is 0 Å². The van der Waals surface area contributed by atoms with Gasteiger partial charge >= 0.3 is 0 Å². The summed E-state index contributed by atoms with van der Waals surface area (Å²) in [5, 5.41) is 0. The molecule has 0 atom stereocenters. The fraction of sp³-hybridized carbons (Fsp3) is 0.400. The molecule has 4 rings (SSSR count). The highest BCUT2D eigenvalue weighted by Crippen LogP contribution is 2.40. The Balaban J connectivity index is 1.38. The molecule has 1 aliphatic rings. The van der Waals surface area contributed by atoms with Gasteiger partial charge in [-0.15, -0.1) is 0 Å². The van der Waals surface area contributed by atoms with E-state index in [4.69, 9.17) is 4.74 Å². The molecule has 36 heavy (non-hydrogen) atoms. The summed E-state index contributed by atoms with van der Waals surface area (Å²) in [7, 11) is 0. The van der Waals surface area contributed by atoms with Crippen LogP contribution in [0.25, 0.3) is 11.1 Å². The summed E-state index contributed by atoms with van der Waals surface area (Å²) in [6.07, 6.45) is 5.24. The predicted octanol–water partition coefficient (Wildman–Crippen LogP) is 9.05. The van der Waals surface area contributed by atoms with Crippen LogP contribution in [0.3, 0.4) is 0 Å². The van der Waals surface area contributed by atoms with E-state index in [0.29, 0.717) is 35.4 Å². The summed E-state index contributed by atoms with van der Waals surface area (Å²) >= 11 is 0. The second kappa shape index (κ2) is 11.4. The van der Waals surface area contributed by atoms with E-state index in [1.807, 2.05) is 6.92 Å². The van der Waals surface area contributed by atoms with Crippen LogP contribution < -0.4 is 4.74 Å². The summed E-state index contributed by atoms with van der Waals surface area (Å²) in [4.78, 5) is 0. The fourth-order valence-corrected chi connectivity index (χ4v) is 5.10. The zero-order valence-electron chi connectivity index (χ0n) is 20.7. The van der Waals surface area contributed by atoms with Gasteiger partial charge in [-0.3, -0.25) is 0 Å². The summed E-state index contributed by atoms with van der Waals surface area (Å²) in [6.45, 7) is 3.69. The van der Waals surface area contributed by atoms with Crippen LogP contribution in [0.15, 0.2) is 42.5 Å². The van der Waals surface area contributed by atoms with Crippen molar-refractivity contribution in [2.24, 2.45) is 5.92 Å². The van der Waals surface area contributed by atoms with E-state index in [2.05, 4.69) is 0 Å². The van der Waals surface area contributed by atoms with E-state index < -0.39 is 29.1 Å². The molecule has 1 saturated carbocycles. The van der Waals surface area contributed by atoms with Crippen molar-refractivity contribution in [3.8, 4) is 16.9 Å². The van der Waals surface area contributed by atoms with Crippen LogP contribution in [0.4, 0.5) is 22.0 Å². The van der Waals surface area contributed by atoms with Crippen molar-refractivity contribution in [2.75, 3.05) is 6.61 Å². The van der Waals surface area contributed by atoms with Gasteiger partial charge < -0.3 is 4.74 Å². The number of ether oxygens (including phenoxy) is 1. The van der Waals surface area contributed by atoms with Gasteiger partial charge in [-0.1, -0.05) is 31.2 Å². The normalized spacial score (nSPS) is 17.9. The Kier molecular flexibility index (Phi) is 8.32. The average molecular weight is 503 g/mol. The number of hydrogen-bond donors (Lipinski definition) is 0. The molecule has 0 aliphatic heterocycles. The lowest BCUT2D eigenvalue weighted by Gasteiger charge is -2.29. The van der Waals surface area contributed by atoms with Gasteiger partial charge in [0.2, 0.25) is 5.82 Å². The van der Waals surface area contributed by atoms with Gasteiger partial charge in [-0.25, -0.2) is 17.6 Å². The van der Waals surface area contributed by atoms with Crippen molar-refractivity contribution in [1.29, 1.82) is 0 Å². The number of halogens is 5. The van der Waals surface area contributed by atoms with E-state index in [9.17, 15) is 17.6 Å². The molecule has 0 radical (unpaired) electrons. The lowest BCUT2D eigenvalue weighted by molar-refractivity contribution is 0.295. The minimum absolute atomic E-state index is 0.00900. The van der Waals surface area contributed by atoms with Gasteiger partial charge in [0.1, 0.15) is 5.82 Å². The van der Waals surface area contributed by atoms with E-state index in [-0.39, 0.29) is 29.4 Å². The van der Waals surface area contributed by atoms with Crippen molar-refractivity contribution >= 4 is 0 Å². The van der Waals surface area contributed by atoms with Gasteiger partial charge in [-0.2, -0.15) is 4.39 Å². The van der Waals surface area contributed by atoms with Gasteiger partial charge in [0.25, 0.3) is 0 Å². The molecule has 0 bridgehead atoms. The van der Waals surface area contributed by atoms with E-state index in [1.54, 1.807) is 31.2 Å². The number of rotatable bonds is 8. The first-order valence-electron chi connectivity index (χ1n) is 12.6. The van der Waals surface area contributed by atoms with Crippen LogP contribution in [0, 0.1) is 41.9 Å². The molecule has 0 amide bonds. The van der Waals surface area contributed by atoms with Crippen LogP contribution in [0.2, 0.25) is 0 Å². The second-order valence-corrected chi connectivity index (χ2v) is 9.75. The van der Waals surface area contributed by atoms with Gasteiger partial charge in [0.05, 0.1) is 6.61 Å². The first-order valence-corrected chi connectivity index (χ1v) is 12.6. The second-order valence-electron chi connectivity index (χ2n) is 9.75. The molecule has 0 saturated heterocycles. The molecular formula is C30H31F5O. The SMILES string of the molecule is CCCOc1ccc(-c2ccc(C3CCC(CCc4ccc(C)c(F)c4F)CC3)c(F)c2)c(F)c1F. The van der Waals surface area contributed by atoms with E-state index in [0.717, 1.165) is 32.1 Å². The third-order valence-corrected chi connectivity index (χ3v) is 7.28. The zero-order valence-corrected chi connectivity index (χ0v) is 20.7.